The van der Waals surface area contributed by atoms with E-state index in [0.29, 0.717) is 24.9 Å². The van der Waals surface area contributed by atoms with Gasteiger partial charge in [0, 0.05) is 24.0 Å². The van der Waals surface area contributed by atoms with Crippen molar-refractivity contribution in [3.63, 3.8) is 0 Å². The highest BCUT2D eigenvalue weighted by molar-refractivity contribution is 5.47. The van der Waals surface area contributed by atoms with Crippen molar-refractivity contribution in [2.24, 2.45) is 0 Å². The molecule has 0 radical (unpaired) electrons. The van der Waals surface area contributed by atoms with E-state index in [1.807, 2.05) is 23.9 Å². The van der Waals surface area contributed by atoms with E-state index in [4.69, 9.17) is 4.74 Å². The standard InChI is InChI=1S/C16H22FN3O/c1-4-12(3)20-9-8-14(19-20)11-18-13-6-7-16(21-5-2)15(17)10-13/h6-10,12,18H,4-5,11H2,1-3H3. The van der Waals surface area contributed by atoms with E-state index >= 15 is 0 Å². The van der Waals surface area contributed by atoms with Crippen molar-refractivity contribution >= 4 is 5.69 Å². The Bertz CT molecular complexity index is 583. The molecule has 1 unspecified atom stereocenters. The Labute approximate surface area is 124 Å². The molecule has 4 nitrogen and oxygen atoms in total. The minimum atomic E-state index is -0.355. The third-order valence-electron chi connectivity index (χ3n) is 3.41. The Balaban J connectivity index is 1.96. The molecule has 2 rings (SSSR count). The van der Waals surface area contributed by atoms with Gasteiger partial charge in [0.25, 0.3) is 0 Å². The summed E-state index contributed by atoms with van der Waals surface area (Å²) in [6.45, 7) is 7.12. The molecule has 0 aliphatic rings. The first kappa shape index (κ1) is 15.4. The predicted octanol–water partition coefficient (Wildman–Crippen LogP) is 4.00. The van der Waals surface area contributed by atoms with E-state index in [1.54, 1.807) is 12.1 Å². The first-order valence-corrected chi connectivity index (χ1v) is 7.34. The van der Waals surface area contributed by atoms with Crippen LogP contribution in [0.15, 0.2) is 30.5 Å². The molecule has 0 aliphatic heterocycles. The lowest BCUT2D eigenvalue weighted by Gasteiger charge is -2.09. The summed E-state index contributed by atoms with van der Waals surface area (Å²) in [4.78, 5) is 0. The largest absolute Gasteiger partial charge is 0.491 e. The fraction of sp³-hybridized carbons (Fsp3) is 0.438. The van der Waals surface area contributed by atoms with E-state index < -0.39 is 0 Å². The lowest BCUT2D eigenvalue weighted by Crippen LogP contribution is -2.06. The number of hydrogen-bond donors (Lipinski definition) is 1. The Kier molecular flexibility index (Phi) is 5.20. The molecule has 1 aromatic carbocycles. The highest BCUT2D eigenvalue weighted by Gasteiger charge is 2.06. The topological polar surface area (TPSA) is 39.1 Å². The van der Waals surface area contributed by atoms with E-state index in [-0.39, 0.29) is 11.6 Å². The highest BCUT2D eigenvalue weighted by atomic mass is 19.1. The van der Waals surface area contributed by atoms with Gasteiger partial charge in [-0.1, -0.05) is 6.92 Å². The molecule has 2 aromatic rings. The van der Waals surface area contributed by atoms with Crippen LogP contribution in [0.2, 0.25) is 0 Å². The maximum Gasteiger partial charge on any atom is 0.167 e. The Hall–Kier alpha value is -2.04. The summed E-state index contributed by atoms with van der Waals surface area (Å²) < 4.78 is 20.9. The summed E-state index contributed by atoms with van der Waals surface area (Å²) in [6.07, 6.45) is 3.02. The summed E-state index contributed by atoms with van der Waals surface area (Å²) in [5.41, 5.74) is 1.65. The SMILES string of the molecule is CCOc1ccc(NCc2ccn(C(C)CC)n2)cc1F. The Morgan fingerprint density at radius 2 is 2.14 bits per heavy atom. The van der Waals surface area contributed by atoms with Gasteiger partial charge in [-0.15, -0.1) is 0 Å². The number of halogens is 1. The van der Waals surface area contributed by atoms with E-state index in [0.717, 1.165) is 12.1 Å². The molecule has 0 saturated carbocycles. The molecule has 1 atom stereocenters. The first-order chi connectivity index (χ1) is 10.1. The van der Waals surface area contributed by atoms with Crippen LogP contribution in [0, 0.1) is 5.82 Å². The van der Waals surface area contributed by atoms with Crippen LogP contribution in [-0.2, 0) is 6.54 Å². The fourth-order valence-corrected chi connectivity index (χ4v) is 1.98. The third-order valence-corrected chi connectivity index (χ3v) is 3.41. The second kappa shape index (κ2) is 7.11. The predicted molar refractivity (Wildman–Crippen MR) is 82.1 cm³/mol. The summed E-state index contributed by atoms with van der Waals surface area (Å²) in [5, 5.41) is 7.67. The molecule has 0 spiro atoms. The van der Waals surface area contributed by atoms with Gasteiger partial charge in [-0.2, -0.15) is 5.10 Å². The minimum Gasteiger partial charge on any atom is -0.491 e. The van der Waals surface area contributed by atoms with Gasteiger partial charge in [-0.05, 0) is 38.5 Å². The summed E-state index contributed by atoms with van der Waals surface area (Å²) in [5.74, 6) is -0.0731. The molecule has 21 heavy (non-hydrogen) atoms. The molecule has 0 fully saturated rings. The molecule has 1 heterocycles. The zero-order chi connectivity index (χ0) is 15.2. The summed E-state index contributed by atoms with van der Waals surface area (Å²) >= 11 is 0. The van der Waals surface area contributed by atoms with Crippen LogP contribution in [0.4, 0.5) is 10.1 Å². The number of hydrogen-bond acceptors (Lipinski definition) is 3. The number of aromatic nitrogens is 2. The smallest absolute Gasteiger partial charge is 0.167 e. The maximum atomic E-state index is 13.7. The van der Waals surface area contributed by atoms with Crippen LogP contribution in [-0.4, -0.2) is 16.4 Å². The van der Waals surface area contributed by atoms with E-state index in [2.05, 4.69) is 24.3 Å². The lowest BCUT2D eigenvalue weighted by molar-refractivity contribution is 0.321. The van der Waals surface area contributed by atoms with Gasteiger partial charge in [0.2, 0.25) is 0 Å². The van der Waals surface area contributed by atoms with Gasteiger partial charge in [0.15, 0.2) is 11.6 Å². The van der Waals surface area contributed by atoms with Crippen molar-refractivity contribution < 1.29 is 9.13 Å². The molecule has 1 N–H and O–H groups in total. The number of nitrogens with zero attached hydrogens (tertiary/aromatic N) is 2. The van der Waals surface area contributed by atoms with Crippen molar-refractivity contribution in [1.82, 2.24) is 9.78 Å². The van der Waals surface area contributed by atoms with E-state index in [9.17, 15) is 4.39 Å². The second-order valence-corrected chi connectivity index (χ2v) is 4.98. The van der Waals surface area contributed by atoms with Crippen LogP contribution in [0.25, 0.3) is 0 Å². The molecule has 0 saturated heterocycles. The van der Waals surface area contributed by atoms with Gasteiger partial charge >= 0.3 is 0 Å². The van der Waals surface area contributed by atoms with Crippen molar-refractivity contribution in [2.45, 2.75) is 39.8 Å². The quantitative estimate of drug-likeness (QED) is 0.838. The van der Waals surface area contributed by atoms with Crippen molar-refractivity contribution in [1.29, 1.82) is 0 Å². The molecule has 1 aromatic heterocycles. The van der Waals surface area contributed by atoms with E-state index in [1.165, 1.54) is 6.07 Å². The molecular weight excluding hydrogens is 269 g/mol. The van der Waals surface area contributed by atoms with Crippen LogP contribution in [0.3, 0.4) is 0 Å². The molecule has 0 aliphatic carbocycles. The summed E-state index contributed by atoms with van der Waals surface area (Å²) in [6, 6.07) is 7.25. The van der Waals surface area contributed by atoms with Crippen LogP contribution >= 0.6 is 0 Å². The zero-order valence-corrected chi connectivity index (χ0v) is 12.8. The van der Waals surface area contributed by atoms with Gasteiger partial charge < -0.3 is 10.1 Å². The van der Waals surface area contributed by atoms with Crippen LogP contribution in [0.5, 0.6) is 5.75 Å². The van der Waals surface area contributed by atoms with Crippen molar-refractivity contribution in [3.8, 4) is 5.75 Å². The van der Waals surface area contributed by atoms with Gasteiger partial charge in [-0.3, -0.25) is 4.68 Å². The number of rotatable bonds is 7. The van der Waals surface area contributed by atoms with Gasteiger partial charge in [0.1, 0.15) is 0 Å². The number of benzene rings is 1. The first-order valence-electron chi connectivity index (χ1n) is 7.34. The maximum absolute atomic E-state index is 13.7. The highest BCUT2D eigenvalue weighted by Crippen LogP contribution is 2.21. The Morgan fingerprint density at radius 1 is 1.33 bits per heavy atom. The third kappa shape index (κ3) is 3.97. The Morgan fingerprint density at radius 3 is 2.81 bits per heavy atom. The van der Waals surface area contributed by atoms with Crippen LogP contribution < -0.4 is 10.1 Å². The van der Waals surface area contributed by atoms with Crippen LogP contribution in [0.1, 0.15) is 38.9 Å². The minimum absolute atomic E-state index is 0.282. The normalized spacial score (nSPS) is 12.2. The molecule has 114 valence electrons. The molecule has 5 heteroatoms. The van der Waals surface area contributed by atoms with Crippen molar-refractivity contribution in [3.05, 3.63) is 42.0 Å². The number of anilines is 1. The monoisotopic (exact) mass is 291 g/mol. The average Bonchev–Trinajstić information content (AvgIpc) is 2.96. The summed E-state index contributed by atoms with van der Waals surface area (Å²) in [7, 11) is 0. The number of nitrogens with one attached hydrogen (secondary N) is 1. The molecular formula is C16H22FN3O. The van der Waals surface area contributed by atoms with Gasteiger partial charge in [0.05, 0.1) is 18.8 Å². The fourth-order valence-electron chi connectivity index (χ4n) is 1.98. The van der Waals surface area contributed by atoms with Gasteiger partial charge in [-0.25, -0.2) is 4.39 Å². The molecule has 0 amide bonds. The molecule has 0 bridgehead atoms. The van der Waals surface area contributed by atoms with Crippen molar-refractivity contribution in [2.75, 3.05) is 11.9 Å². The zero-order valence-electron chi connectivity index (χ0n) is 12.8. The lowest BCUT2D eigenvalue weighted by atomic mass is 10.3. The number of ether oxygens (including phenoxy) is 1. The average molecular weight is 291 g/mol. The second-order valence-electron chi connectivity index (χ2n) is 4.98.